The van der Waals surface area contributed by atoms with Crippen molar-refractivity contribution in [1.29, 1.82) is 0 Å². The number of phenols is 1. The summed E-state index contributed by atoms with van der Waals surface area (Å²) in [6.07, 6.45) is 0.959. The molecular formula is C14H19N3O. The molecule has 2 rings (SSSR count). The maximum Gasteiger partial charge on any atom is 0.148 e. The molecule has 4 nitrogen and oxygen atoms in total. The third kappa shape index (κ3) is 2.64. The van der Waals surface area contributed by atoms with E-state index < -0.39 is 0 Å². The largest absolute Gasteiger partial charge is 0.508 e. The highest BCUT2D eigenvalue weighted by Gasteiger charge is 2.11. The summed E-state index contributed by atoms with van der Waals surface area (Å²) in [7, 11) is 1.93. The molecule has 1 unspecified atom stereocenters. The summed E-state index contributed by atoms with van der Waals surface area (Å²) in [5, 5.41) is 17.1. The Labute approximate surface area is 107 Å². The number of phenolic OH excluding ortho intramolecular Hbond substituents is 1. The van der Waals surface area contributed by atoms with Gasteiger partial charge in [0.15, 0.2) is 0 Å². The topological polar surface area (TPSA) is 50.1 Å². The van der Waals surface area contributed by atoms with E-state index in [-0.39, 0.29) is 6.04 Å². The molecule has 0 bridgehead atoms. The second-order valence-electron chi connectivity index (χ2n) is 4.49. The molecule has 0 spiro atoms. The standard InChI is InChI=1S/C14H19N3O/c1-4-13(11-5-7-12(18)8-6-11)15-14-9-10(2)17(3)16-14/h5-9,13,18H,4H2,1-3H3,(H,15,16). The number of aryl methyl sites for hydroxylation is 2. The van der Waals surface area contributed by atoms with Crippen LogP contribution in [0.4, 0.5) is 5.82 Å². The van der Waals surface area contributed by atoms with Crippen molar-refractivity contribution in [2.45, 2.75) is 26.3 Å². The van der Waals surface area contributed by atoms with Crippen LogP contribution in [0.3, 0.4) is 0 Å². The van der Waals surface area contributed by atoms with Crippen molar-refractivity contribution < 1.29 is 5.11 Å². The van der Waals surface area contributed by atoms with Gasteiger partial charge in [-0.3, -0.25) is 4.68 Å². The number of nitrogens with one attached hydrogen (secondary N) is 1. The zero-order valence-corrected chi connectivity index (χ0v) is 11.0. The number of nitrogens with zero attached hydrogens (tertiary/aromatic N) is 2. The van der Waals surface area contributed by atoms with Crippen LogP contribution in [0.1, 0.15) is 30.6 Å². The number of hydrogen-bond donors (Lipinski definition) is 2. The molecule has 96 valence electrons. The first kappa shape index (κ1) is 12.5. The first-order valence-electron chi connectivity index (χ1n) is 6.16. The van der Waals surface area contributed by atoms with Crippen molar-refractivity contribution in [1.82, 2.24) is 9.78 Å². The van der Waals surface area contributed by atoms with E-state index in [1.165, 1.54) is 0 Å². The maximum atomic E-state index is 9.30. The molecule has 0 saturated heterocycles. The van der Waals surface area contributed by atoms with Gasteiger partial charge in [0, 0.05) is 18.8 Å². The Morgan fingerprint density at radius 2 is 2.00 bits per heavy atom. The van der Waals surface area contributed by atoms with Gasteiger partial charge in [-0.1, -0.05) is 19.1 Å². The van der Waals surface area contributed by atoms with Crippen LogP contribution in [0.25, 0.3) is 0 Å². The lowest BCUT2D eigenvalue weighted by atomic mass is 10.0. The first-order chi connectivity index (χ1) is 8.60. The molecule has 1 heterocycles. The molecule has 0 aliphatic rings. The summed E-state index contributed by atoms with van der Waals surface area (Å²) in [5.74, 6) is 1.18. The highest BCUT2D eigenvalue weighted by molar-refractivity contribution is 5.40. The number of hydrogen-bond acceptors (Lipinski definition) is 3. The summed E-state index contributed by atoms with van der Waals surface area (Å²) in [6.45, 7) is 4.15. The van der Waals surface area contributed by atoms with Gasteiger partial charge in [0.25, 0.3) is 0 Å². The minimum absolute atomic E-state index is 0.208. The molecule has 0 aliphatic carbocycles. The summed E-state index contributed by atoms with van der Waals surface area (Å²) < 4.78 is 1.85. The number of benzene rings is 1. The van der Waals surface area contributed by atoms with Gasteiger partial charge in [-0.05, 0) is 31.0 Å². The molecular weight excluding hydrogens is 226 g/mol. The van der Waals surface area contributed by atoms with Gasteiger partial charge < -0.3 is 10.4 Å². The Bertz CT molecular complexity index is 497. The smallest absolute Gasteiger partial charge is 0.148 e. The quantitative estimate of drug-likeness (QED) is 0.870. The van der Waals surface area contributed by atoms with Gasteiger partial charge in [0.05, 0.1) is 6.04 Å². The van der Waals surface area contributed by atoms with Crippen LogP contribution in [0, 0.1) is 6.92 Å². The molecule has 4 heteroatoms. The number of aromatic nitrogens is 2. The number of aromatic hydroxyl groups is 1. The molecule has 1 atom stereocenters. The lowest BCUT2D eigenvalue weighted by Gasteiger charge is -2.16. The van der Waals surface area contributed by atoms with Gasteiger partial charge in [-0.15, -0.1) is 0 Å². The van der Waals surface area contributed by atoms with E-state index in [2.05, 4.69) is 17.3 Å². The van der Waals surface area contributed by atoms with E-state index in [0.29, 0.717) is 5.75 Å². The predicted octanol–water partition coefficient (Wildman–Crippen LogP) is 3.00. The van der Waals surface area contributed by atoms with E-state index in [4.69, 9.17) is 0 Å². The Morgan fingerprint density at radius 3 is 2.50 bits per heavy atom. The van der Waals surface area contributed by atoms with E-state index >= 15 is 0 Å². The van der Waals surface area contributed by atoms with Crippen LogP contribution in [0.2, 0.25) is 0 Å². The molecule has 2 N–H and O–H groups in total. The fourth-order valence-electron chi connectivity index (χ4n) is 1.94. The van der Waals surface area contributed by atoms with Crippen molar-refractivity contribution in [2.75, 3.05) is 5.32 Å². The van der Waals surface area contributed by atoms with Crippen LogP contribution in [0.5, 0.6) is 5.75 Å². The fraction of sp³-hybridized carbons (Fsp3) is 0.357. The third-order valence-electron chi connectivity index (χ3n) is 3.14. The van der Waals surface area contributed by atoms with Crippen LogP contribution >= 0.6 is 0 Å². The van der Waals surface area contributed by atoms with Gasteiger partial charge >= 0.3 is 0 Å². The lowest BCUT2D eigenvalue weighted by Crippen LogP contribution is -2.10. The van der Waals surface area contributed by atoms with Crippen molar-refractivity contribution >= 4 is 5.82 Å². The SMILES string of the molecule is CCC(Nc1cc(C)n(C)n1)c1ccc(O)cc1. The summed E-state index contributed by atoms with van der Waals surface area (Å²) >= 11 is 0. The first-order valence-corrected chi connectivity index (χ1v) is 6.16. The highest BCUT2D eigenvalue weighted by Crippen LogP contribution is 2.23. The number of rotatable bonds is 4. The van der Waals surface area contributed by atoms with Gasteiger partial charge in [0.1, 0.15) is 11.6 Å². The summed E-state index contributed by atoms with van der Waals surface area (Å²) in [6, 6.07) is 9.54. The summed E-state index contributed by atoms with van der Waals surface area (Å²) in [5.41, 5.74) is 2.27. The molecule has 0 aliphatic heterocycles. The van der Waals surface area contributed by atoms with Gasteiger partial charge in [-0.2, -0.15) is 5.10 Å². The monoisotopic (exact) mass is 245 g/mol. The molecule has 0 saturated carbocycles. The van der Waals surface area contributed by atoms with Crippen molar-refractivity contribution in [3.05, 3.63) is 41.6 Å². The Hall–Kier alpha value is -1.97. The normalized spacial score (nSPS) is 12.4. The van der Waals surface area contributed by atoms with Crippen molar-refractivity contribution in [3.8, 4) is 5.75 Å². The zero-order chi connectivity index (χ0) is 13.1. The Morgan fingerprint density at radius 1 is 1.33 bits per heavy atom. The molecule has 0 fully saturated rings. The second-order valence-corrected chi connectivity index (χ2v) is 4.49. The Kier molecular flexibility index (Phi) is 3.55. The average molecular weight is 245 g/mol. The van der Waals surface area contributed by atoms with Crippen molar-refractivity contribution in [2.24, 2.45) is 7.05 Å². The van der Waals surface area contributed by atoms with E-state index in [1.54, 1.807) is 12.1 Å². The van der Waals surface area contributed by atoms with Crippen LogP contribution in [0.15, 0.2) is 30.3 Å². The summed E-state index contributed by atoms with van der Waals surface area (Å²) in [4.78, 5) is 0. The third-order valence-corrected chi connectivity index (χ3v) is 3.14. The molecule has 2 aromatic rings. The maximum absolute atomic E-state index is 9.30. The van der Waals surface area contributed by atoms with Gasteiger partial charge in [-0.25, -0.2) is 0 Å². The second kappa shape index (κ2) is 5.12. The highest BCUT2D eigenvalue weighted by atomic mass is 16.3. The fourth-order valence-corrected chi connectivity index (χ4v) is 1.94. The van der Waals surface area contributed by atoms with Crippen molar-refractivity contribution in [3.63, 3.8) is 0 Å². The predicted molar refractivity (Wildman–Crippen MR) is 72.7 cm³/mol. The molecule has 1 aromatic heterocycles. The average Bonchev–Trinajstić information content (AvgIpc) is 2.67. The lowest BCUT2D eigenvalue weighted by molar-refractivity contribution is 0.475. The minimum atomic E-state index is 0.208. The molecule has 18 heavy (non-hydrogen) atoms. The Balaban J connectivity index is 2.16. The van der Waals surface area contributed by atoms with E-state index in [0.717, 1.165) is 23.5 Å². The number of anilines is 1. The van der Waals surface area contributed by atoms with Crippen LogP contribution in [-0.4, -0.2) is 14.9 Å². The molecule has 1 aromatic carbocycles. The van der Waals surface area contributed by atoms with E-state index in [1.807, 2.05) is 36.9 Å². The zero-order valence-electron chi connectivity index (χ0n) is 11.0. The molecule has 0 amide bonds. The van der Waals surface area contributed by atoms with Crippen LogP contribution in [-0.2, 0) is 7.05 Å². The van der Waals surface area contributed by atoms with Gasteiger partial charge in [0.2, 0.25) is 0 Å². The van der Waals surface area contributed by atoms with Crippen LogP contribution < -0.4 is 5.32 Å². The minimum Gasteiger partial charge on any atom is -0.508 e. The molecule has 0 radical (unpaired) electrons. The van der Waals surface area contributed by atoms with E-state index in [9.17, 15) is 5.11 Å².